The molecule has 4 heterocycles. The molecular formula is C47H45BN4O2. The highest BCUT2D eigenvalue weighted by molar-refractivity contribution is 6.82. The zero-order chi connectivity index (χ0) is 40.0. The van der Waals surface area contributed by atoms with Crippen molar-refractivity contribution < 1.29 is 18.1 Å². The van der Waals surface area contributed by atoms with Crippen molar-refractivity contribution in [2.75, 3.05) is 0 Å². The van der Waals surface area contributed by atoms with E-state index in [1.165, 1.54) is 21.3 Å². The molecular weight excluding hydrogens is 663 g/mol. The number of imidazole rings is 1. The fourth-order valence-electron chi connectivity index (χ4n) is 8.11. The molecule has 0 aliphatic carbocycles. The summed E-state index contributed by atoms with van der Waals surface area (Å²) in [4.78, 5) is 4.85. The van der Waals surface area contributed by atoms with E-state index >= 15 is 0 Å². The van der Waals surface area contributed by atoms with Crippen LogP contribution in [0.1, 0.15) is 81.1 Å². The first-order chi connectivity index (χ1) is 27.2. The second-order valence-electron chi connectivity index (χ2n) is 16.1. The molecule has 8 aromatic rings. The van der Waals surface area contributed by atoms with E-state index < -0.39 is 13.9 Å². The number of aryl methyl sites for hydroxylation is 1. The maximum atomic E-state index is 8.40. The lowest BCUT2D eigenvalue weighted by Gasteiger charge is -2.26. The van der Waals surface area contributed by atoms with Gasteiger partial charge in [0.25, 0.3) is 0 Å². The van der Waals surface area contributed by atoms with Gasteiger partial charge in [-0.1, -0.05) is 103 Å². The first-order valence-electron chi connectivity index (χ1n) is 20.3. The number of benzene rings is 5. The lowest BCUT2D eigenvalue weighted by molar-refractivity contribution is -0.649. The lowest BCUT2D eigenvalue weighted by Crippen LogP contribution is -2.51. The first-order valence-corrected chi connectivity index (χ1v) is 18.8. The maximum absolute atomic E-state index is 8.40. The van der Waals surface area contributed by atoms with E-state index in [-0.39, 0.29) is 17.3 Å². The highest BCUT2D eigenvalue weighted by atomic mass is 16.5. The molecule has 1 aliphatic rings. The van der Waals surface area contributed by atoms with Gasteiger partial charge in [0, 0.05) is 23.0 Å². The molecule has 0 saturated carbocycles. The van der Waals surface area contributed by atoms with Gasteiger partial charge in [0.1, 0.15) is 17.3 Å². The van der Waals surface area contributed by atoms with Gasteiger partial charge in [-0.2, -0.15) is 0 Å². The van der Waals surface area contributed by atoms with Gasteiger partial charge < -0.3 is 18.5 Å². The summed E-state index contributed by atoms with van der Waals surface area (Å²) in [5, 5.41) is 2.23. The zero-order valence-corrected chi connectivity index (χ0v) is 31.8. The summed E-state index contributed by atoms with van der Waals surface area (Å²) in [6.07, 6.45) is 5.10. The average Bonchev–Trinajstić information content (AvgIpc) is 3.69. The Kier molecular flexibility index (Phi) is 7.18. The summed E-state index contributed by atoms with van der Waals surface area (Å²) >= 11 is 0. The normalized spacial score (nSPS) is 13.9. The number of aromatic nitrogens is 4. The fourth-order valence-corrected chi connectivity index (χ4v) is 8.11. The van der Waals surface area contributed by atoms with Crippen molar-refractivity contribution in [1.29, 1.82) is 0 Å². The second-order valence-corrected chi connectivity index (χ2v) is 16.1. The SMILES string of the molecule is [2H]C([2H])([2H])[n+]1[c-]n2c3c(cccc31)OB(c1c(C(C)C)cccc1C(C)C)c1ccc(Oc3ccc4c5ccccc5n(-c5cc(C(C)(C)C)ccn5)c4c3)cc1-2. The van der Waals surface area contributed by atoms with Gasteiger partial charge in [-0.05, 0) is 93.4 Å². The molecule has 0 atom stereocenters. The second kappa shape index (κ2) is 12.7. The van der Waals surface area contributed by atoms with Crippen molar-refractivity contribution in [1.82, 2.24) is 14.1 Å². The van der Waals surface area contributed by atoms with Gasteiger partial charge in [0.15, 0.2) is 0 Å². The first kappa shape index (κ1) is 30.6. The van der Waals surface area contributed by atoms with Crippen LogP contribution in [0.2, 0.25) is 0 Å². The number of hydrogen-bond acceptors (Lipinski definition) is 3. The molecule has 0 spiro atoms. The van der Waals surface area contributed by atoms with Crippen LogP contribution in [0.5, 0.6) is 17.2 Å². The van der Waals surface area contributed by atoms with Gasteiger partial charge in [-0.15, -0.1) is 0 Å². The summed E-state index contributed by atoms with van der Waals surface area (Å²) in [6, 6.07) is 36.9. The molecule has 1 aliphatic heterocycles. The quantitative estimate of drug-likeness (QED) is 0.0981. The molecule has 0 unspecified atom stereocenters. The average molecular weight is 712 g/mol. The van der Waals surface area contributed by atoms with Crippen molar-refractivity contribution in [3.05, 3.63) is 138 Å². The minimum absolute atomic E-state index is 0.0423. The topological polar surface area (TPSA) is 45.1 Å². The van der Waals surface area contributed by atoms with Gasteiger partial charge in [-0.3, -0.25) is 4.57 Å². The molecule has 0 fully saturated rings. The van der Waals surface area contributed by atoms with E-state index in [4.69, 9.17) is 18.5 Å². The number of pyridine rings is 1. The van der Waals surface area contributed by atoms with E-state index in [1.54, 1.807) is 0 Å². The largest absolute Gasteiger partial charge is 0.556 e. The maximum Gasteiger partial charge on any atom is 0.421 e. The van der Waals surface area contributed by atoms with Crippen LogP contribution in [0.25, 0.3) is 44.3 Å². The standard InChI is InChI=1S/C47H45BN4O2/c1-29(2)34-14-11-15-35(30(3)4)45(34)48-38-22-20-33(27-42(38)51-28-50(8)40-17-12-18-43(54-48)46(40)51)53-32-19-21-37-36-13-9-10-16-39(36)52(41(37)26-32)44-25-31(23-24-49-44)47(5,6)7/h9-27,29-30H,1-8H3/i8D3. The van der Waals surface area contributed by atoms with Gasteiger partial charge in [-0.25, -0.2) is 4.98 Å². The lowest BCUT2D eigenvalue weighted by atomic mass is 9.51. The van der Waals surface area contributed by atoms with Crippen molar-refractivity contribution in [2.45, 2.75) is 65.7 Å². The van der Waals surface area contributed by atoms with Gasteiger partial charge in [0.05, 0.1) is 44.6 Å². The Morgan fingerprint density at radius 1 is 0.796 bits per heavy atom. The predicted octanol–water partition coefficient (Wildman–Crippen LogP) is 9.58. The summed E-state index contributed by atoms with van der Waals surface area (Å²) in [5.74, 6) is 3.17. The Morgan fingerprint density at radius 3 is 2.28 bits per heavy atom. The molecule has 0 radical (unpaired) electrons. The number of nitrogens with zero attached hydrogens (tertiary/aromatic N) is 4. The van der Waals surface area contributed by atoms with Crippen LogP contribution >= 0.6 is 0 Å². The third-order valence-corrected chi connectivity index (χ3v) is 10.8. The molecule has 5 aromatic carbocycles. The predicted molar refractivity (Wildman–Crippen MR) is 221 cm³/mol. The van der Waals surface area contributed by atoms with E-state index in [0.717, 1.165) is 44.2 Å². The molecule has 54 heavy (non-hydrogen) atoms. The van der Waals surface area contributed by atoms with Crippen molar-refractivity contribution in [3.8, 4) is 28.8 Å². The third-order valence-electron chi connectivity index (χ3n) is 10.8. The Morgan fingerprint density at radius 2 is 1.52 bits per heavy atom. The molecule has 9 rings (SSSR count). The number of hydrogen-bond donors (Lipinski definition) is 0. The zero-order valence-electron chi connectivity index (χ0n) is 34.8. The highest BCUT2D eigenvalue weighted by Crippen LogP contribution is 2.37. The van der Waals surface area contributed by atoms with Crippen LogP contribution in [0, 0.1) is 6.33 Å². The van der Waals surface area contributed by atoms with Crippen LogP contribution in [0.15, 0.2) is 115 Å². The van der Waals surface area contributed by atoms with E-state index in [9.17, 15) is 0 Å². The fraction of sp³-hybridized carbons (Fsp3) is 0.234. The molecule has 3 aromatic heterocycles. The number of ether oxygens (including phenoxy) is 1. The summed E-state index contributed by atoms with van der Waals surface area (Å²) in [6.45, 7) is 12.5. The Balaban J connectivity index is 1.23. The van der Waals surface area contributed by atoms with E-state index in [2.05, 4.69) is 132 Å². The Labute approximate surface area is 322 Å². The van der Waals surface area contributed by atoms with Crippen LogP contribution in [-0.2, 0) is 12.4 Å². The minimum Gasteiger partial charge on any atom is -0.556 e. The number of fused-ring (bicyclic) bond motifs is 5. The number of rotatable bonds is 6. The van der Waals surface area contributed by atoms with Crippen molar-refractivity contribution in [2.24, 2.45) is 6.98 Å². The van der Waals surface area contributed by atoms with Crippen LogP contribution < -0.4 is 24.9 Å². The van der Waals surface area contributed by atoms with Crippen LogP contribution in [-0.4, -0.2) is 21.0 Å². The molecule has 6 nitrogen and oxygen atoms in total. The minimum atomic E-state index is -2.46. The van der Waals surface area contributed by atoms with Crippen molar-refractivity contribution >= 4 is 50.7 Å². The molecule has 0 N–H and O–H groups in total. The molecule has 0 bridgehead atoms. The Bertz CT molecular complexity index is 2840. The monoisotopic (exact) mass is 711 g/mol. The molecule has 7 heteroatoms. The molecule has 0 amide bonds. The molecule has 0 saturated heterocycles. The Hall–Kier alpha value is -5.82. The molecule has 268 valence electrons. The third kappa shape index (κ3) is 5.48. The van der Waals surface area contributed by atoms with Gasteiger partial charge >= 0.3 is 6.92 Å². The number of para-hydroxylation sites is 2. The van der Waals surface area contributed by atoms with Crippen LogP contribution in [0.4, 0.5) is 0 Å². The smallest absolute Gasteiger partial charge is 0.421 e. The van der Waals surface area contributed by atoms with Crippen molar-refractivity contribution in [3.63, 3.8) is 0 Å². The van der Waals surface area contributed by atoms with Crippen LogP contribution in [0.3, 0.4) is 0 Å². The summed E-state index contributed by atoms with van der Waals surface area (Å²) in [7, 11) is 0. The highest BCUT2D eigenvalue weighted by Gasteiger charge is 2.35. The summed E-state index contributed by atoms with van der Waals surface area (Å²) in [5.41, 5.74) is 9.53. The van der Waals surface area contributed by atoms with Gasteiger partial charge in [0.2, 0.25) is 6.33 Å². The van der Waals surface area contributed by atoms with E-state index in [0.29, 0.717) is 28.3 Å². The van der Waals surface area contributed by atoms with E-state index in [1.807, 2.05) is 47.2 Å². The summed E-state index contributed by atoms with van der Waals surface area (Å²) < 4.78 is 44.3.